The molecule has 1 aliphatic carbocycles. The third-order valence-electron chi connectivity index (χ3n) is 4.09. The van der Waals surface area contributed by atoms with Crippen LogP contribution in [0.1, 0.15) is 25.3 Å². The molecule has 4 N–H and O–H groups in total. The molecule has 0 radical (unpaired) electrons. The Morgan fingerprint density at radius 3 is 2.62 bits per heavy atom. The minimum absolute atomic E-state index is 0.138. The molecule has 130 valence electrons. The van der Waals surface area contributed by atoms with Crippen molar-refractivity contribution in [2.75, 3.05) is 0 Å². The van der Waals surface area contributed by atoms with Crippen LogP contribution in [0.4, 0.5) is 4.79 Å². The smallest absolute Gasteiger partial charge is 0.408 e. The molecule has 0 unspecified atom stereocenters. The number of rotatable bonds is 8. The highest BCUT2D eigenvalue weighted by atomic mass is 16.5. The van der Waals surface area contributed by atoms with E-state index < -0.39 is 12.1 Å². The molecule has 0 heterocycles. The maximum Gasteiger partial charge on any atom is 0.408 e. The van der Waals surface area contributed by atoms with E-state index in [0.717, 1.165) is 18.4 Å². The van der Waals surface area contributed by atoms with Crippen molar-refractivity contribution in [1.29, 1.82) is 0 Å². The largest absolute Gasteiger partial charge is 0.445 e. The number of nitrogens with one attached hydrogen (secondary N) is 2. The molecule has 6 nitrogen and oxygen atoms in total. The molecule has 0 aromatic heterocycles. The molecule has 6 heteroatoms. The lowest BCUT2D eigenvalue weighted by Gasteiger charge is -2.19. The predicted octanol–water partition coefficient (Wildman–Crippen LogP) is 1.71. The Hall–Kier alpha value is -2.34. The van der Waals surface area contributed by atoms with E-state index in [9.17, 15) is 9.59 Å². The van der Waals surface area contributed by atoms with Gasteiger partial charge < -0.3 is 21.1 Å². The predicted molar refractivity (Wildman–Crippen MR) is 92.1 cm³/mol. The zero-order valence-electron chi connectivity index (χ0n) is 13.9. The standard InChI is InChI=1S/C18H25N3O3/c1-3-15(9-14-10-16(14)19)21-17(22)12(2)20-18(23)24-11-13-7-5-4-6-8-13/h3-8,12,14-16H,1,9-11,19H2,2H3,(H,20,23)(H,21,22)/t12-,14-,15+,16-/m0/s1. The van der Waals surface area contributed by atoms with Crippen molar-refractivity contribution in [3.63, 3.8) is 0 Å². The molecule has 1 fully saturated rings. The molecule has 0 spiro atoms. The molecular weight excluding hydrogens is 306 g/mol. The summed E-state index contributed by atoms with van der Waals surface area (Å²) in [5.74, 6) is 0.165. The minimum Gasteiger partial charge on any atom is -0.445 e. The average Bonchev–Trinajstić information content (AvgIpc) is 3.27. The zero-order chi connectivity index (χ0) is 17.5. The average molecular weight is 331 g/mol. The molecule has 1 saturated carbocycles. The molecule has 1 aromatic rings. The van der Waals surface area contributed by atoms with Crippen molar-refractivity contribution in [1.82, 2.24) is 10.6 Å². The van der Waals surface area contributed by atoms with Crippen LogP contribution < -0.4 is 16.4 Å². The van der Waals surface area contributed by atoms with E-state index in [1.807, 2.05) is 30.3 Å². The molecule has 0 aliphatic heterocycles. The van der Waals surface area contributed by atoms with Crippen molar-refractivity contribution < 1.29 is 14.3 Å². The summed E-state index contributed by atoms with van der Waals surface area (Å²) in [4.78, 5) is 23.9. The second-order valence-electron chi connectivity index (χ2n) is 6.17. The quantitative estimate of drug-likeness (QED) is 0.632. The van der Waals surface area contributed by atoms with Crippen LogP contribution in [0.2, 0.25) is 0 Å². The zero-order valence-corrected chi connectivity index (χ0v) is 13.9. The summed E-state index contributed by atoms with van der Waals surface area (Å²) < 4.78 is 5.10. The number of carbonyl (C=O) groups is 2. The Balaban J connectivity index is 1.71. The molecular formula is C18H25N3O3. The summed E-state index contributed by atoms with van der Waals surface area (Å²) in [7, 11) is 0. The van der Waals surface area contributed by atoms with E-state index in [-0.39, 0.29) is 24.6 Å². The molecule has 1 aliphatic rings. The molecule has 2 amide bonds. The Kier molecular flexibility index (Phi) is 6.37. The van der Waals surface area contributed by atoms with Gasteiger partial charge in [-0.05, 0) is 31.2 Å². The summed E-state index contributed by atoms with van der Waals surface area (Å²) in [6.45, 7) is 5.51. The van der Waals surface area contributed by atoms with Crippen LogP contribution in [-0.2, 0) is 16.1 Å². The van der Waals surface area contributed by atoms with Crippen molar-refractivity contribution in [3.8, 4) is 0 Å². The lowest BCUT2D eigenvalue weighted by molar-refractivity contribution is -0.123. The Labute approximate surface area is 142 Å². The lowest BCUT2D eigenvalue weighted by atomic mass is 10.1. The van der Waals surface area contributed by atoms with E-state index in [0.29, 0.717) is 5.92 Å². The fraction of sp³-hybridized carbons (Fsp3) is 0.444. The van der Waals surface area contributed by atoms with Crippen LogP contribution in [0, 0.1) is 5.92 Å². The first-order valence-corrected chi connectivity index (χ1v) is 8.15. The first-order chi connectivity index (χ1) is 11.5. The summed E-state index contributed by atoms with van der Waals surface area (Å²) in [5, 5.41) is 5.38. The van der Waals surface area contributed by atoms with Gasteiger partial charge in [-0.15, -0.1) is 6.58 Å². The van der Waals surface area contributed by atoms with Gasteiger partial charge in [0.25, 0.3) is 0 Å². The maximum absolute atomic E-state index is 12.1. The Morgan fingerprint density at radius 1 is 1.38 bits per heavy atom. The van der Waals surface area contributed by atoms with Crippen molar-refractivity contribution in [2.45, 2.75) is 44.5 Å². The van der Waals surface area contributed by atoms with Gasteiger partial charge in [-0.1, -0.05) is 36.4 Å². The van der Waals surface area contributed by atoms with Crippen LogP contribution in [0.3, 0.4) is 0 Å². The molecule has 0 saturated heterocycles. The van der Waals surface area contributed by atoms with E-state index >= 15 is 0 Å². The fourth-order valence-corrected chi connectivity index (χ4v) is 2.40. The Bertz CT molecular complexity index is 576. The first kappa shape index (κ1) is 18.0. The highest BCUT2D eigenvalue weighted by Gasteiger charge is 2.35. The number of hydrogen-bond acceptors (Lipinski definition) is 4. The number of amides is 2. The molecule has 24 heavy (non-hydrogen) atoms. The molecule has 1 aromatic carbocycles. The van der Waals surface area contributed by atoms with Gasteiger partial charge >= 0.3 is 6.09 Å². The van der Waals surface area contributed by atoms with Gasteiger partial charge in [0.2, 0.25) is 5.91 Å². The van der Waals surface area contributed by atoms with Crippen LogP contribution in [0.15, 0.2) is 43.0 Å². The van der Waals surface area contributed by atoms with Gasteiger partial charge in [-0.2, -0.15) is 0 Å². The maximum atomic E-state index is 12.1. The van der Waals surface area contributed by atoms with Gasteiger partial charge in [-0.3, -0.25) is 4.79 Å². The van der Waals surface area contributed by atoms with E-state index in [1.165, 1.54) is 0 Å². The number of nitrogens with two attached hydrogens (primary N) is 1. The van der Waals surface area contributed by atoms with E-state index in [4.69, 9.17) is 10.5 Å². The fourth-order valence-electron chi connectivity index (χ4n) is 2.40. The lowest BCUT2D eigenvalue weighted by Crippen LogP contribution is -2.47. The molecule has 0 bridgehead atoms. The minimum atomic E-state index is -0.691. The van der Waals surface area contributed by atoms with Crippen LogP contribution in [-0.4, -0.2) is 30.1 Å². The summed E-state index contributed by atoms with van der Waals surface area (Å²) in [5.41, 5.74) is 6.67. The van der Waals surface area contributed by atoms with Gasteiger partial charge in [0.05, 0.1) is 0 Å². The van der Waals surface area contributed by atoms with Crippen LogP contribution in [0.5, 0.6) is 0 Å². The Morgan fingerprint density at radius 2 is 2.04 bits per heavy atom. The van der Waals surface area contributed by atoms with Crippen LogP contribution >= 0.6 is 0 Å². The highest BCUT2D eigenvalue weighted by molar-refractivity contribution is 5.85. The van der Waals surface area contributed by atoms with Gasteiger partial charge in [0, 0.05) is 12.1 Å². The van der Waals surface area contributed by atoms with E-state index in [2.05, 4.69) is 17.2 Å². The SMILES string of the molecule is C=C[C@H](C[C@H]1C[C@@H]1N)NC(=O)[C@H](C)NC(=O)OCc1ccccc1. The van der Waals surface area contributed by atoms with Crippen molar-refractivity contribution in [2.24, 2.45) is 11.7 Å². The topological polar surface area (TPSA) is 93.5 Å². The number of carbonyl (C=O) groups excluding carboxylic acids is 2. The molecule has 2 rings (SSSR count). The first-order valence-electron chi connectivity index (χ1n) is 8.15. The number of hydrogen-bond donors (Lipinski definition) is 3. The van der Waals surface area contributed by atoms with Crippen molar-refractivity contribution in [3.05, 3.63) is 48.6 Å². The summed E-state index contributed by atoms with van der Waals surface area (Å²) in [6, 6.07) is 8.75. The number of ether oxygens (including phenoxy) is 1. The van der Waals surface area contributed by atoms with Gasteiger partial charge in [-0.25, -0.2) is 4.79 Å². The monoisotopic (exact) mass is 331 g/mol. The highest BCUT2D eigenvalue weighted by Crippen LogP contribution is 2.32. The third-order valence-corrected chi connectivity index (χ3v) is 4.09. The van der Waals surface area contributed by atoms with Crippen LogP contribution in [0.25, 0.3) is 0 Å². The number of benzene rings is 1. The number of alkyl carbamates (subject to hydrolysis) is 1. The van der Waals surface area contributed by atoms with Gasteiger partial charge in [0.1, 0.15) is 12.6 Å². The third kappa shape index (κ3) is 5.70. The van der Waals surface area contributed by atoms with E-state index in [1.54, 1.807) is 13.0 Å². The van der Waals surface area contributed by atoms with Crippen molar-refractivity contribution >= 4 is 12.0 Å². The molecule has 4 atom stereocenters. The summed E-state index contributed by atoms with van der Waals surface area (Å²) in [6.07, 6.45) is 2.84. The second-order valence-corrected chi connectivity index (χ2v) is 6.17. The summed E-state index contributed by atoms with van der Waals surface area (Å²) >= 11 is 0. The normalized spacial score (nSPS) is 21.2. The van der Waals surface area contributed by atoms with Gasteiger partial charge in [0.15, 0.2) is 0 Å². The second kappa shape index (κ2) is 8.49.